The van der Waals surface area contributed by atoms with Crippen LogP contribution in [0.2, 0.25) is 0 Å². The van der Waals surface area contributed by atoms with E-state index in [4.69, 9.17) is 4.42 Å². The largest absolute Gasteiger partial charge is 0.422 e. The molecule has 1 aliphatic rings. The highest BCUT2D eigenvalue weighted by Crippen LogP contribution is 2.26. The number of aryl methyl sites for hydroxylation is 2. The lowest BCUT2D eigenvalue weighted by Crippen LogP contribution is -2.41. The molecule has 0 bridgehead atoms. The first-order valence-electron chi connectivity index (χ1n) is 9.85. The maximum Gasteiger partial charge on any atom is 0.299 e. The zero-order chi connectivity index (χ0) is 19.3. The van der Waals surface area contributed by atoms with Gasteiger partial charge in [-0.15, -0.1) is 0 Å². The van der Waals surface area contributed by atoms with Gasteiger partial charge in [-0.2, -0.15) is 4.98 Å². The van der Waals surface area contributed by atoms with Gasteiger partial charge in [0.15, 0.2) is 5.58 Å². The molecule has 3 aromatic rings. The van der Waals surface area contributed by atoms with Gasteiger partial charge in [-0.1, -0.05) is 6.07 Å². The monoisotopic (exact) mass is 379 g/mol. The van der Waals surface area contributed by atoms with E-state index in [1.807, 2.05) is 31.3 Å². The lowest BCUT2D eigenvalue weighted by Gasteiger charge is -2.30. The second-order valence-electron chi connectivity index (χ2n) is 7.29. The molecule has 28 heavy (non-hydrogen) atoms. The Hall–Kier alpha value is -2.96. The zero-order valence-electron chi connectivity index (χ0n) is 16.1. The van der Waals surface area contributed by atoms with Gasteiger partial charge in [-0.3, -0.25) is 9.78 Å². The van der Waals surface area contributed by atoms with Crippen LogP contribution in [0, 0.1) is 12.8 Å². The van der Waals surface area contributed by atoms with Crippen LogP contribution < -0.4 is 10.2 Å². The van der Waals surface area contributed by atoms with Gasteiger partial charge in [0.2, 0.25) is 11.6 Å². The maximum atomic E-state index is 12.4. The van der Waals surface area contributed by atoms with E-state index in [1.165, 1.54) is 5.56 Å². The van der Waals surface area contributed by atoms with E-state index in [0.717, 1.165) is 44.5 Å². The fraction of sp³-hybridized carbons (Fsp3) is 0.429. The second kappa shape index (κ2) is 8.37. The lowest BCUT2D eigenvalue weighted by molar-refractivity contribution is -0.125. The van der Waals surface area contributed by atoms with Gasteiger partial charge in [0.1, 0.15) is 0 Å². The molecule has 0 aromatic carbocycles. The highest BCUT2D eigenvalue weighted by molar-refractivity contribution is 5.79. The average molecular weight is 379 g/mol. The van der Waals surface area contributed by atoms with E-state index in [0.29, 0.717) is 23.8 Å². The van der Waals surface area contributed by atoms with Gasteiger partial charge in [-0.25, -0.2) is 4.98 Å². The highest BCUT2D eigenvalue weighted by Gasteiger charge is 2.27. The zero-order valence-corrected chi connectivity index (χ0v) is 16.1. The molecular formula is C21H25N5O2. The summed E-state index contributed by atoms with van der Waals surface area (Å²) in [6.07, 6.45) is 7.11. The molecule has 7 nitrogen and oxygen atoms in total. The van der Waals surface area contributed by atoms with Gasteiger partial charge in [-0.05, 0) is 56.4 Å². The number of nitrogens with one attached hydrogen (secondary N) is 1. The van der Waals surface area contributed by atoms with Crippen LogP contribution in [-0.2, 0) is 11.2 Å². The molecule has 4 rings (SSSR count). The van der Waals surface area contributed by atoms with Crippen molar-refractivity contribution < 1.29 is 9.21 Å². The molecule has 4 heterocycles. The maximum absolute atomic E-state index is 12.4. The molecule has 0 unspecified atom stereocenters. The lowest BCUT2D eigenvalue weighted by atomic mass is 9.96. The Morgan fingerprint density at radius 2 is 2.11 bits per heavy atom. The average Bonchev–Trinajstić information content (AvgIpc) is 3.15. The Kier molecular flexibility index (Phi) is 5.50. The first-order chi connectivity index (χ1) is 13.7. The van der Waals surface area contributed by atoms with E-state index < -0.39 is 0 Å². The molecule has 0 atom stereocenters. The van der Waals surface area contributed by atoms with Gasteiger partial charge < -0.3 is 14.6 Å². The standard InChI is InChI=1S/C21H25N5O2/c1-15-6-7-18-19(24-15)25-21(28-18)26-12-8-17(9-13-26)20(27)23-11-3-5-16-4-2-10-22-14-16/h2,4,6-7,10,14,17H,3,5,8-9,11-13H2,1H3,(H,23,27). The van der Waals surface area contributed by atoms with Crippen LogP contribution >= 0.6 is 0 Å². The van der Waals surface area contributed by atoms with Crippen LogP contribution in [0.1, 0.15) is 30.5 Å². The van der Waals surface area contributed by atoms with Crippen LogP contribution in [0.3, 0.4) is 0 Å². The van der Waals surface area contributed by atoms with E-state index in [-0.39, 0.29) is 11.8 Å². The molecule has 0 aliphatic carbocycles. The van der Waals surface area contributed by atoms with Gasteiger partial charge in [0, 0.05) is 43.6 Å². The summed E-state index contributed by atoms with van der Waals surface area (Å²) < 4.78 is 5.83. The quantitative estimate of drug-likeness (QED) is 0.663. The summed E-state index contributed by atoms with van der Waals surface area (Å²) >= 11 is 0. The highest BCUT2D eigenvalue weighted by atomic mass is 16.4. The number of oxazole rings is 1. The number of hydrogen-bond acceptors (Lipinski definition) is 6. The summed E-state index contributed by atoms with van der Waals surface area (Å²) in [5, 5.41) is 3.08. The van der Waals surface area contributed by atoms with Gasteiger partial charge >= 0.3 is 0 Å². The van der Waals surface area contributed by atoms with Gasteiger partial charge in [0.05, 0.1) is 0 Å². The number of anilines is 1. The summed E-state index contributed by atoms with van der Waals surface area (Å²) in [4.78, 5) is 27.6. The summed E-state index contributed by atoms with van der Waals surface area (Å²) in [5.41, 5.74) is 3.47. The molecule has 0 spiro atoms. The van der Waals surface area contributed by atoms with Crippen molar-refractivity contribution in [1.29, 1.82) is 0 Å². The number of pyridine rings is 2. The molecule has 0 radical (unpaired) electrons. The summed E-state index contributed by atoms with van der Waals surface area (Å²) in [7, 11) is 0. The fourth-order valence-corrected chi connectivity index (χ4v) is 3.56. The Labute approximate surface area is 164 Å². The van der Waals surface area contributed by atoms with Crippen molar-refractivity contribution in [2.75, 3.05) is 24.5 Å². The predicted molar refractivity (Wildman–Crippen MR) is 107 cm³/mol. The third-order valence-corrected chi connectivity index (χ3v) is 5.18. The Morgan fingerprint density at radius 3 is 2.89 bits per heavy atom. The molecule has 7 heteroatoms. The number of hydrogen-bond donors (Lipinski definition) is 1. The SMILES string of the molecule is Cc1ccc2oc(N3CCC(C(=O)NCCCc4cccnc4)CC3)nc2n1. The number of fused-ring (bicyclic) bond motifs is 1. The van der Waals surface area contributed by atoms with Crippen LogP contribution in [0.15, 0.2) is 41.1 Å². The minimum absolute atomic E-state index is 0.0550. The van der Waals surface area contributed by atoms with Crippen LogP contribution in [-0.4, -0.2) is 40.5 Å². The van der Waals surface area contributed by atoms with Crippen molar-refractivity contribution in [3.8, 4) is 0 Å². The third kappa shape index (κ3) is 4.30. The topological polar surface area (TPSA) is 84.2 Å². The number of amides is 1. The Morgan fingerprint density at radius 1 is 1.25 bits per heavy atom. The number of carbonyl (C=O) groups excluding carboxylic acids is 1. The van der Waals surface area contributed by atoms with Crippen LogP contribution in [0.25, 0.3) is 11.2 Å². The number of aromatic nitrogens is 3. The number of piperidine rings is 1. The smallest absolute Gasteiger partial charge is 0.299 e. The summed E-state index contributed by atoms with van der Waals surface area (Å²) in [6, 6.07) is 8.43. The van der Waals surface area contributed by atoms with Crippen molar-refractivity contribution in [3.63, 3.8) is 0 Å². The Balaban J connectivity index is 1.23. The third-order valence-electron chi connectivity index (χ3n) is 5.18. The molecule has 1 aliphatic heterocycles. The van der Waals surface area contributed by atoms with E-state index >= 15 is 0 Å². The molecular weight excluding hydrogens is 354 g/mol. The van der Waals surface area contributed by atoms with Crippen LogP contribution in [0.4, 0.5) is 6.01 Å². The van der Waals surface area contributed by atoms with Crippen LogP contribution in [0.5, 0.6) is 0 Å². The van der Waals surface area contributed by atoms with Gasteiger partial charge in [0.25, 0.3) is 6.01 Å². The van der Waals surface area contributed by atoms with Crippen molar-refractivity contribution in [3.05, 3.63) is 47.9 Å². The normalized spacial score (nSPS) is 15.1. The Bertz CT molecular complexity index is 932. The van der Waals surface area contributed by atoms with Crippen molar-refractivity contribution in [1.82, 2.24) is 20.3 Å². The minimum Gasteiger partial charge on any atom is -0.422 e. The molecule has 1 fully saturated rings. The fourth-order valence-electron chi connectivity index (χ4n) is 3.56. The molecule has 1 amide bonds. The number of carbonyl (C=O) groups is 1. The van der Waals surface area contributed by atoms with E-state index in [9.17, 15) is 4.79 Å². The number of rotatable bonds is 6. The van der Waals surface area contributed by atoms with E-state index in [2.05, 4.69) is 31.2 Å². The molecule has 1 saturated heterocycles. The second-order valence-corrected chi connectivity index (χ2v) is 7.29. The summed E-state index contributed by atoms with van der Waals surface area (Å²) in [5.74, 6) is 0.208. The molecule has 146 valence electrons. The minimum atomic E-state index is 0.0550. The van der Waals surface area contributed by atoms with Crippen molar-refractivity contribution >= 4 is 23.2 Å². The van der Waals surface area contributed by atoms with E-state index in [1.54, 1.807) is 6.20 Å². The predicted octanol–water partition coefficient (Wildman–Crippen LogP) is 2.89. The number of nitrogens with zero attached hydrogens (tertiary/aromatic N) is 4. The summed E-state index contributed by atoms with van der Waals surface area (Å²) in [6.45, 7) is 4.16. The van der Waals surface area contributed by atoms with Crippen molar-refractivity contribution in [2.24, 2.45) is 5.92 Å². The molecule has 1 N–H and O–H groups in total. The first-order valence-corrected chi connectivity index (χ1v) is 9.85. The van der Waals surface area contributed by atoms with Crippen molar-refractivity contribution in [2.45, 2.75) is 32.6 Å². The molecule has 3 aromatic heterocycles. The molecule has 0 saturated carbocycles. The first kappa shape index (κ1) is 18.4.